The number of amides is 2. The van der Waals surface area contributed by atoms with Crippen LogP contribution < -0.4 is 11.1 Å². The van der Waals surface area contributed by atoms with E-state index >= 15 is 0 Å². The van der Waals surface area contributed by atoms with Gasteiger partial charge in [-0.15, -0.1) is 0 Å². The Morgan fingerprint density at radius 3 is 2.32 bits per heavy atom. The van der Waals surface area contributed by atoms with Gasteiger partial charge in [-0.2, -0.15) is 18.4 Å². The van der Waals surface area contributed by atoms with Gasteiger partial charge in [0, 0.05) is 24.2 Å². The minimum absolute atomic E-state index is 0.0876. The average Bonchev–Trinajstić information content (AvgIpc) is 2.89. The van der Waals surface area contributed by atoms with E-state index in [1.165, 1.54) is 0 Å². The maximum absolute atomic E-state index is 13.8. The lowest BCUT2D eigenvalue weighted by molar-refractivity contribution is -0.137. The number of hydrogen-bond acceptors (Lipinski definition) is 5. The Kier molecular flexibility index (Phi) is 9.17. The summed E-state index contributed by atoms with van der Waals surface area (Å²) < 4.78 is 39.3. The molecule has 0 aliphatic carbocycles. The topological polar surface area (TPSA) is 102 Å². The molecule has 2 amide bonds. The third-order valence-electron chi connectivity index (χ3n) is 6.58. The molecule has 7 nitrogen and oxygen atoms in total. The van der Waals surface area contributed by atoms with Crippen molar-refractivity contribution >= 4 is 11.8 Å². The number of nitriles is 1. The molecule has 0 saturated carbocycles. The lowest BCUT2D eigenvalue weighted by atomic mass is 9.93. The fourth-order valence-electron chi connectivity index (χ4n) is 4.63. The minimum Gasteiger partial charge on any atom is -0.354 e. The van der Waals surface area contributed by atoms with Crippen molar-refractivity contribution in [3.8, 4) is 6.07 Å². The molecule has 0 fully saturated rings. The summed E-state index contributed by atoms with van der Waals surface area (Å²) in [5.41, 5.74) is 6.25. The molecule has 2 unspecified atom stereocenters. The van der Waals surface area contributed by atoms with Crippen molar-refractivity contribution in [3.63, 3.8) is 0 Å². The van der Waals surface area contributed by atoms with Crippen LogP contribution in [0.25, 0.3) is 0 Å². The SMILES string of the molecule is CC1=C(C#N)NC(C(C(C)C)N(CCCN)C(=O)c2ccc(C(F)(F)F)cc2)N(Cc2ccccc2)C1=O. The fourth-order valence-corrected chi connectivity index (χ4v) is 4.63. The van der Waals surface area contributed by atoms with Crippen molar-refractivity contribution in [2.45, 2.75) is 52.1 Å². The summed E-state index contributed by atoms with van der Waals surface area (Å²) in [5, 5.41) is 12.9. The summed E-state index contributed by atoms with van der Waals surface area (Å²) in [7, 11) is 0. The molecule has 1 aliphatic rings. The van der Waals surface area contributed by atoms with Crippen LogP contribution in [0.1, 0.15) is 48.7 Å². The predicted octanol–water partition coefficient (Wildman–Crippen LogP) is 4.28. The first-order valence-corrected chi connectivity index (χ1v) is 12.4. The number of benzene rings is 2. The van der Waals surface area contributed by atoms with Crippen LogP contribution in [0, 0.1) is 17.2 Å². The van der Waals surface area contributed by atoms with Crippen LogP contribution in [0.15, 0.2) is 65.9 Å². The number of hydrogen-bond donors (Lipinski definition) is 2. The van der Waals surface area contributed by atoms with Gasteiger partial charge in [0.25, 0.3) is 11.8 Å². The molecule has 0 saturated heterocycles. The summed E-state index contributed by atoms with van der Waals surface area (Å²) in [5.74, 6) is -1.02. The zero-order chi connectivity index (χ0) is 28.0. The van der Waals surface area contributed by atoms with Gasteiger partial charge in [-0.1, -0.05) is 44.2 Å². The number of nitrogens with two attached hydrogens (primary N) is 1. The number of alkyl halides is 3. The lowest BCUT2D eigenvalue weighted by Crippen LogP contribution is -2.64. The highest BCUT2D eigenvalue weighted by Crippen LogP contribution is 2.31. The molecule has 2 aromatic rings. The van der Waals surface area contributed by atoms with Crippen molar-refractivity contribution in [2.24, 2.45) is 11.7 Å². The van der Waals surface area contributed by atoms with Crippen LogP contribution >= 0.6 is 0 Å². The summed E-state index contributed by atoms with van der Waals surface area (Å²) >= 11 is 0. The molecule has 1 aliphatic heterocycles. The van der Waals surface area contributed by atoms with Gasteiger partial charge < -0.3 is 20.9 Å². The highest BCUT2D eigenvalue weighted by molar-refractivity contribution is 5.96. The van der Waals surface area contributed by atoms with E-state index in [2.05, 4.69) is 5.32 Å². The van der Waals surface area contributed by atoms with Gasteiger partial charge in [-0.3, -0.25) is 9.59 Å². The Bertz CT molecular complexity index is 1200. The van der Waals surface area contributed by atoms with Crippen LogP contribution in [0.2, 0.25) is 0 Å². The van der Waals surface area contributed by atoms with E-state index in [1.54, 1.807) is 16.7 Å². The normalized spacial score (nSPS) is 16.8. The molecule has 3 rings (SSSR count). The van der Waals surface area contributed by atoms with Crippen molar-refractivity contribution in [1.82, 2.24) is 15.1 Å². The Hall–Kier alpha value is -3.84. The van der Waals surface area contributed by atoms with Crippen molar-refractivity contribution in [1.29, 1.82) is 5.26 Å². The molecule has 0 spiro atoms. The molecule has 10 heteroatoms. The van der Waals surface area contributed by atoms with Crippen LogP contribution in [0.3, 0.4) is 0 Å². The molecule has 2 atom stereocenters. The Labute approximate surface area is 220 Å². The van der Waals surface area contributed by atoms with Crippen molar-refractivity contribution < 1.29 is 22.8 Å². The summed E-state index contributed by atoms with van der Waals surface area (Å²) in [4.78, 5) is 30.4. The van der Waals surface area contributed by atoms with Crippen LogP contribution in [-0.2, 0) is 17.5 Å². The van der Waals surface area contributed by atoms with Crippen molar-refractivity contribution in [3.05, 3.63) is 82.6 Å². The maximum atomic E-state index is 13.8. The highest BCUT2D eigenvalue weighted by atomic mass is 19.4. The number of halogens is 3. The second-order valence-corrected chi connectivity index (χ2v) is 9.57. The third kappa shape index (κ3) is 6.34. The second kappa shape index (κ2) is 12.1. The third-order valence-corrected chi connectivity index (χ3v) is 6.58. The first-order chi connectivity index (χ1) is 18.0. The van der Waals surface area contributed by atoms with E-state index in [1.807, 2.05) is 50.2 Å². The van der Waals surface area contributed by atoms with E-state index in [0.717, 1.165) is 29.8 Å². The van der Waals surface area contributed by atoms with Gasteiger partial charge in [-0.05, 0) is 55.6 Å². The lowest BCUT2D eigenvalue weighted by Gasteiger charge is -2.47. The van der Waals surface area contributed by atoms with E-state index in [-0.39, 0.29) is 48.3 Å². The second-order valence-electron chi connectivity index (χ2n) is 9.57. The van der Waals surface area contributed by atoms with Gasteiger partial charge in [0.2, 0.25) is 0 Å². The molecule has 38 heavy (non-hydrogen) atoms. The standard InChI is InChI=1S/C28H32F3N5O2/c1-18(2)24(35(15-7-14-32)27(38)21-10-12-22(13-11-21)28(29,30)31)25-34-23(16-33)19(3)26(37)36(25)17-20-8-5-4-6-9-20/h4-6,8-13,18,24-25,34H,7,14-15,17,32H2,1-3H3. The average molecular weight is 528 g/mol. The van der Waals surface area contributed by atoms with E-state index in [4.69, 9.17) is 5.73 Å². The van der Waals surface area contributed by atoms with Gasteiger partial charge in [-0.25, -0.2) is 0 Å². The fraction of sp³-hybridized carbons (Fsp3) is 0.393. The van der Waals surface area contributed by atoms with Crippen LogP contribution in [0.4, 0.5) is 13.2 Å². The number of nitrogens with zero attached hydrogens (tertiary/aromatic N) is 3. The van der Waals surface area contributed by atoms with E-state index in [9.17, 15) is 28.0 Å². The Morgan fingerprint density at radius 1 is 1.16 bits per heavy atom. The van der Waals surface area contributed by atoms with Crippen LogP contribution in [-0.4, -0.2) is 46.9 Å². The molecule has 202 valence electrons. The number of rotatable bonds is 9. The van der Waals surface area contributed by atoms with Crippen molar-refractivity contribution in [2.75, 3.05) is 13.1 Å². The van der Waals surface area contributed by atoms with E-state index < -0.39 is 29.9 Å². The van der Waals surface area contributed by atoms with Crippen LogP contribution in [0.5, 0.6) is 0 Å². The van der Waals surface area contributed by atoms with Gasteiger partial charge in [0.15, 0.2) is 0 Å². The molecule has 0 aromatic heterocycles. The smallest absolute Gasteiger partial charge is 0.354 e. The quantitative estimate of drug-likeness (QED) is 0.507. The predicted molar refractivity (Wildman–Crippen MR) is 137 cm³/mol. The summed E-state index contributed by atoms with van der Waals surface area (Å²) in [6.07, 6.45) is -4.85. The molecular weight excluding hydrogens is 495 g/mol. The maximum Gasteiger partial charge on any atom is 0.416 e. The largest absolute Gasteiger partial charge is 0.416 e. The monoisotopic (exact) mass is 527 g/mol. The first-order valence-electron chi connectivity index (χ1n) is 12.4. The highest BCUT2D eigenvalue weighted by Gasteiger charge is 2.42. The molecular formula is C28H32F3N5O2. The Morgan fingerprint density at radius 2 is 1.79 bits per heavy atom. The minimum atomic E-state index is -4.52. The van der Waals surface area contributed by atoms with E-state index in [0.29, 0.717) is 6.42 Å². The molecule has 0 radical (unpaired) electrons. The molecule has 0 bridgehead atoms. The number of nitrogens with one attached hydrogen (secondary N) is 1. The first kappa shape index (κ1) is 28.7. The molecule has 1 heterocycles. The van der Waals surface area contributed by atoms with Gasteiger partial charge in [0.05, 0.1) is 11.6 Å². The number of carbonyl (C=O) groups excluding carboxylic acids is 2. The van der Waals surface area contributed by atoms with Gasteiger partial charge >= 0.3 is 6.18 Å². The van der Waals surface area contributed by atoms with Gasteiger partial charge in [0.1, 0.15) is 17.9 Å². The Balaban J connectivity index is 2.06. The zero-order valence-electron chi connectivity index (χ0n) is 21.6. The number of carbonyl (C=O) groups is 2. The molecule has 2 aromatic carbocycles. The summed E-state index contributed by atoms with van der Waals surface area (Å²) in [6.45, 7) is 6.10. The summed E-state index contributed by atoms with van der Waals surface area (Å²) in [6, 6.07) is 14.8. The zero-order valence-corrected chi connectivity index (χ0v) is 21.6. The number of allylic oxidation sites excluding steroid dienone is 1. The molecule has 3 N–H and O–H groups in total.